The zero-order valence-corrected chi connectivity index (χ0v) is 12.7. The molecule has 110 valence electrons. The smallest absolute Gasteiger partial charge is 0.0995 e. The van der Waals surface area contributed by atoms with Crippen LogP contribution in [0.15, 0.2) is 30.3 Å². The van der Waals surface area contributed by atoms with Crippen molar-refractivity contribution in [1.29, 1.82) is 5.41 Å². The van der Waals surface area contributed by atoms with Crippen molar-refractivity contribution < 1.29 is 0 Å². The summed E-state index contributed by atoms with van der Waals surface area (Å²) in [6.45, 7) is 3.19. The molecule has 0 aliphatic heterocycles. The third-order valence-corrected chi connectivity index (χ3v) is 4.66. The lowest BCUT2D eigenvalue weighted by molar-refractivity contribution is 0.169. The monoisotopic (exact) mass is 273 g/mol. The zero-order chi connectivity index (χ0) is 14.5. The Bertz CT molecular complexity index is 421. The molecular weight excluding hydrogens is 246 g/mol. The first-order valence-electron chi connectivity index (χ1n) is 7.67. The minimum absolute atomic E-state index is 0.0144. The van der Waals surface area contributed by atoms with Crippen LogP contribution in [0.1, 0.15) is 44.1 Å². The number of nitrogens with zero attached hydrogens (tertiary/aromatic N) is 1. The fourth-order valence-electron chi connectivity index (χ4n) is 3.19. The Morgan fingerprint density at radius 1 is 1.25 bits per heavy atom. The van der Waals surface area contributed by atoms with E-state index in [1.165, 1.54) is 25.7 Å². The van der Waals surface area contributed by atoms with Crippen molar-refractivity contribution in [3.05, 3.63) is 35.9 Å². The maximum absolute atomic E-state index is 7.88. The van der Waals surface area contributed by atoms with Crippen molar-refractivity contribution in [2.45, 2.75) is 44.6 Å². The Morgan fingerprint density at radius 2 is 1.85 bits per heavy atom. The maximum Gasteiger partial charge on any atom is 0.0995 e. The Morgan fingerprint density at radius 3 is 2.40 bits per heavy atom. The van der Waals surface area contributed by atoms with Crippen LogP contribution in [-0.4, -0.2) is 30.4 Å². The lowest BCUT2D eigenvalue weighted by Crippen LogP contribution is -2.40. The van der Waals surface area contributed by atoms with Gasteiger partial charge in [-0.05, 0) is 44.2 Å². The van der Waals surface area contributed by atoms with Crippen LogP contribution in [-0.2, 0) is 0 Å². The van der Waals surface area contributed by atoms with Crippen LogP contribution in [0.4, 0.5) is 0 Å². The van der Waals surface area contributed by atoms with Crippen molar-refractivity contribution in [2.24, 2.45) is 11.7 Å². The average molecular weight is 273 g/mol. The summed E-state index contributed by atoms with van der Waals surface area (Å²) in [5.41, 5.74) is 6.97. The van der Waals surface area contributed by atoms with E-state index < -0.39 is 0 Å². The molecule has 20 heavy (non-hydrogen) atoms. The van der Waals surface area contributed by atoms with Gasteiger partial charge < -0.3 is 10.6 Å². The van der Waals surface area contributed by atoms with E-state index in [0.29, 0.717) is 6.04 Å². The molecule has 0 aromatic heterocycles. The third kappa shape index (κ3) is 3.83. The number of likely N-dealkylation sites (N-methyl/N-ethyl adjacent to an activating group) is 1. The summed E-state index contributed by atoms with van der Waals surface area (Å²) in [5.74, 6) is 1.16. The van der Waals surface area contributed by atoms with Crippen LogP contribution >= 0.6 is 0 Å². The number of benzene rings is 1. The van der Waals surface area contributed by atoms with Crippen LogP contribution in [0.2, 0.25) is 0 Å². The molecule has 1 aliphatic carbocycles. The molecular formula is C17H27N3. The molecule has 0 amide bonds. The quantitative estimate of drug-likeness (QED) is 0.639. The van der Waals surface area contributed by atoms with E-state index >= 15 is 0 Å². The molecule has 1 atom stereocenters. The second kappa shape index (κ2) is 6.89. The minimum Gasteiger partial charge on any atom is -0.387 e. The van der Waals surface area contributed by atoms with Gasteiger partial charge in [-0.25, -0.2) is 0 Å². The summed E-state index contributed by atoms with van der Waals surface area (Å²) in [6.07, 6.45) is 5.20. The summed E-state index contributed by atoms with van der Waals surface area (Å²) in [4.78, 5) is 2.41. The van der Waals surface area contributed by atoms with Gasteiger partial charge in [0.15, 0.2) is 0 Å². The molecule has 0 saturated heterocycles. The van der Waals surface area contributed by atoms with Gasteiger partial charge in [0.1, 0.15) is 0 Å². The number of hydrogen-bond acceptors (Lipinski definition) is 2. The molecule has 1 unspecified atom stereocenters. The second-order valence-corrected chi connectivity index (χ2v) is 6.27. The molecule has 1 saturated carbocycles. The van der Waals surface area contributed by atoms with Crippen LogP contribution < -0.4 is 5.73 Å². The van der Waals surface area contributed by atoms with Gasteiger partial charge in [-0.3, -0.25) is 5.41 Å². The molecule has 3 heteroatoms. The highest BCUT2D eigenvalue weighted by Crippen LogP contribution is 2.28. The van der Waals surface area contributed by atoms with Gasteiger partial charge in [0.05, 0.1) is 11.8 Å². The van der Waals surface area contributed by atoms with Crippen LogP contribution in [0.3, 0.4) is 0 Å². The van der Waals surface area contributed by atoms with E-state index in [1.807, 2.05) is 18.2 Å². The lowest BCUT2D eigenvalue weighted by atomic mass is 9.86. The summed E-state index contributed by atoms with van der Waals surface area (Å²) >= 11 is 0. The number of nitrogens with two attached hydrogens (primary N) is 1. The largest absolute Gasteiger partial charge is 0.387 e. The fourth-order valence-corrected chi connectivity index (χ4v) is 3.19. The predicted molar refractivity (Wildman–Crippen MR) is 85.1 cm³/mol. The van der Waals surface area contributed by atoms with Crippen molar-refractivity contribution in [2.75, 3.05) is 13.6 Å². The number of nitrogens with one attached hydrogen (secondary N) is 1. The van der Waals surface area contributed by atoms with Crippen molar-refractivity contribution in [1.82, 2.24) is 4.90 Å². The molecule has 1 aromatic rings. The van der Waals surface area contributed by atoms with E-state index in [1.54, 1.807) is 0 Å². The SMILES string of the molecule is CC1CCC(N(C)CC(C(=N)N)c2ccccc2)CC1. The van der Waals surface area contributed by atoms with Crippen molar-refractivity contribution >= 4 is 5.84 Å². The minimum atomic E-state index is 0.0144. The Balaban J connectivity index is 2.00. The van der Waals surface area contributed by atoms with Crippen LogP contribution in [0.25, 0.3) is 0 Å². The molecule has 1 fully saturated rings. The van der Waals surface area contributed by atoms with Gasteiger partial charge in [0.2, 0.25) is 0 Å². The first-order chi connectivity index (χ1) is 9.58. The van der Waals surface area contributed by atoms with E-state index in [2.05, 4.69) is 31.0 Å². The number of rotatable bonds is 5. The molecule has 0 heterocycles. The van der Waals surface area contributed by atoms with Gasteiger partial charge in [-0.1, -0.05) is 37.3 Å². The fraction of sp³-hybridized carbons (Fsp3) is 0.588. The summed E-state index contributed by atoms with van der Waals surface area (Å²) < 4.78 is 0. The van der Waals surface area contributed by atoms with Gasteiger partial charge in [0, 0.05) is 12.6 Å². The molecule has 2 rings (SSSR count). The number of amidine groups is 1. The summed E-state index contributed by atoms with van der Waals surface area (Å²) in [6, 6.07) is 10.8. The van der Waals surface area contributed by atoms with Gasteiger partial charge in [0.25, 0.3) is 0 Å². The first-order valence-corrected chi connectivity index (χ1v) is 7.67. The van der Waals surface area contributed by atoms with Crippen LogP contribution in [0, 0.1) is 11.3 Å². The highest BCUT2D eigenvalue weighted by Gasteiger charge is 2.25. The Kier molecular flexibility index (Phi) is 5.18. The number of hydrogen-bond donors (Lipinski definition) is 2. The van der Waals surface area contributed by atoms with E-state index in [4.69, 9.17) is 11.1 Å². The topological polar surface area (TPSA) is 53.1 Å². The van der Waals surface area contributed by atoms with E-state index in [0.717, 1.165) is 18.0 Å². The second-order valence-electron chi connectivity index (χ2n) is 6.27. The molecule has 0 bridgehead atoms. The molecule has 3 nitrogen and oxygen atoms in total. The Labute approximate surface area is 122 Å². The molecule has 0 radical (unpaired) electrons. The van der Waals surface area contributed by atoms with Crippen molar-refractivity contribution in [3.8, 4) is 0 Å². The lowest BCUT2D eigenvalue weighted by Gasteiger charge is -2.35. The van der Waals surface area contributed by atoms with E-state index in [9.17, 15) is 0 Å². The Hall–Kier alpha value is -1.35. The maximum atomic E-state index is 7.88. The third-order valence-electron chi connectivity index (χ3n) is 4.66. The molecule has 3 N–H and O–H groups in total. The highest BCUT2D eigenvalue weighted by molar-refractivity contribution is 5.84. The van der Waals surface area contributed by atoms with Gasteiger partial charge >= 0.3 is 0 Å². The van der Waals surface area contributed by atoms with Gasteiger partial charge in [-0.15, -0.1) is 0 Å². The van der Waals surface area contributed by atoms with Crippen molar-refractivity contribution in [3.63, 3.8) is 0 Å². The summed E-state index contributed by atoms with van der Waals surface area (Å²) in [5, 5.41) is 7.88. The molecule has 1 aromatic carbocycles. The van der Waals surface area contributed by atoms with E-state index in [-0.39, 0.29) is 11.8 Å². The normalized spacial score (nSPS) is 24.6. The standard InChI is InChI=1S/C17H27N3/c1-13-8-10-15(11-9-13)20(2)12-16(17(18)19)14-6-4-3-5-7-14/h3-7,13,15-16H,8-12H2,1-2H3,(H3,18,19). The zero-order valence-electron chi connectivity index (χ0n) is 12.7. The van der Waals surface area contributed by atoms with Gasteiger partial charge in [-0.2, -0.15) is 0 Å². The first kappa shape index (κ1) is 15.0. The highest BCUT2D eigenvalue weighted by atomic mass is 15.1. The molecule has 0 spiro atoms. The predicted octanol–water partition coefficient (Wildman–Crippen LogP) is 3.22. The average Bonchev–Trinajstić information content (AvgIpc) is 2.46. The van der Waals surface area contributed by atoms with Crippen LogP contribution in [0.5, 0.6) is 0 Å². The summed E-state index contributed by atoms with van der Waals surface area (Å²) in [7, 11) is 2.18. The molecule has 1 aliphatic rings.